The highest BCUT2D eigenvalue weighted by Crippen LogP contribution is 2.19. The van der Waals surface area contributed by atoms with Crippen molar-refractivity contribution in [2.45, 2.75) is 38.6 Å². The molecule has 2 aromatic heterocycles. The van der Waals surface area contributed by atoms with Crippen LogP contribution in [0.15, 0.2) is 17.5 Å². The second kappa shape index (κ2) is 7.90. The number of anilines is 1. The van der Waals surface area contributed by atoms with Gasteiger partial charge in [-0.1, -0.05) is 18.5 Å². The van der Waals surface area contributed by atoms with Crippen molar-refractivity contribution in [3.8, 4) is 0 Å². The van der Waals surface area contributed by atoms with Crippen molar-refractivity contribution in [3.05, 3.63) is 33.4 Å². The molecule has 1 aliphatic heterocycles. The van der Waals surface area contributed by atoms with Crippen LogP contribution in [0.1, 0.15) is 41.7 Å². The number of thiazole rings is 1. The Bertz CT molecular complexity index is 682. The number of carbonyl (C=O) groups is 1. The maximum atomic E-state index is 12.3. The zero-order valence-corrected chi connectivity index (χ0v) is 15.1. The zero-order chi connectivity index (χ0) is 16.9. The molecule has 1 saturated heterocycles. The first-order valence-corrected chi connectivity index (χ1v) is 9.41. The number of rotatable bonds is 5. The molecule has 0 atom stereocenters. The number of carbonyl (C=O) groups excluding carboxylic acids is 1. The number of piperidine rings is 1. The third-order valence-corrected chi connectivity index (χ3v) is 5.13. The summed E-state index contributed by atoms with van der Waals surface area (Å²) in [5, 5.41) is 14.3. The van der Waals surface area contributed by atoms with Gasteiger partial charge in [0.05, 0.1) is 5.01 Å². The number of hydrogen-bond acceptors (Lipinski definition) is 6. The van der Waals surface area contributed by atoms with Gasteiger partial charge in [0.1, 0.15) is 5.69 Å². The van der Waals surface area contributed by atoms with E-state index >= 15 is 0 Å². The Labute approximate surface area is 150 Å². The van der Waals surface area contributed by atoms with Gasteiger partial charge in [0.15, 0.2) is 11.0 Å². The molecule has 3 rings (SSSR count). The highest BCUT2D eigenvalue weighted by atomic mass is 35.5. The summed E-state index contributed by atoms with van der Waals surface area (Å²) in [6.45, 7) is 3.78. The standard InChI is InChI=1S/C16H20ClN5OS/c1-2-3-15-19-12(10-24-15)16(23)18-11-6-8-22(9-7-11)14-5-4-13(17)20-21-14/h4-5,10-11H,2-3,6-9H2,1H3,(H,18,23). The maximum absolute atomic E-state index is 12.3. The predicted molar refractivity (Wildman–Crippen MR) is 95.9 cm³/mol. The Morgan fingerprint density at radius 1 is 1.38 bits per heavy atom. The van der Waals surface area contributed by atoms with Gasteiger partial charge in [-0.15, -0.1) is 21.5 Å². The van der Waals surface area contributed by atoms with Crippen molar-refractivity contribution in [1.82, 2.24) is 20.5 Å². The molecule has 0 spiro atoms. The number of aromatic nitrogens is 3. The lowest BCUT2D eigenvalue weighted by Crippen LogP contribution is -2.45. The van der Waals surface area contributed by atoms with Crippen LogP contribution in [0.25, 0.3) is 0 Å². The Kier molecular flexibility index (Phi) is 5.63. The van der Waals surface area contributed by atoms with Gasteiger partial charge in [0.25, 0.3) is 5.91 Å². The molecule has 1 fully saturated rings. The van der Waals surface area contributed by atoms with Gasteiger partial charge < -0.3 is 10.2 Å². The Morgan fingerprint density at radius 2 is 2.17 bits per heavy atom. The fourth-order valence-corrected chi connectivity index (χ4v) is 3.71. The van der Waals surface area contributed by atoms with Crippen LogP contribution >= 0.6 is 22.9 Å². The first kappa shape index (κ1) is 17.1. The van der Waals surface area contributed by atoms with Gasteiger partial charge in [-0.05, 0) is 37.8 Å². The van der Waals surface area contributed by atoms with Crippen molar-refractivity contribution in [3.63, 3.8) is 0 Å². The number of nitrogens with zero attached hydrogens (tertiary/aromatic N) is 4. The van der Waals surface area contributed by atoms with Crippen LogP contribution in [0.2, 0.25) is 5.15 Å². The van der Waals surface area contributed by atoms with E-state index < -0.39 is 0 Å². The topological polar surface area (TPSA) is 71.0 Å². The Balaban J connectivity index is 1.51. The maximum Gasteiger partial charge on any atom is 0.270 e. The Morgan fingerprint density at radius 3 is 2.83 bits per heavy atom. The van der Waals surface area contributed by atoms with Gasteiger partial charge in [0.2, 0.25) is 0 Å². The minimum Gasteiger partial charge on any atom is -0.355 e. The molecule has 6 nitrogen and oxygen atoms in total. The van der Waals surface area contributed by atoms with Gasteiger partial charge in [-0.2, -0.15) is 0 Å². The number of amides is 1. The van der Waals surface area contributed by atoms with E-state index in [9.17, 15) is 4.79 Å². The molecule has 0 bridgehead atoms. The van der Waals surface area contributed by atoms with E-state index in [-0.39, 0.29) is 11.9 Å². The molecule has 1 N–H and O–H groups in total. The van der Waals surface area contributed by atoms with E-state index in [4.69, 9.17) is 11.6 Å². The van der Waals surface area contributed by atoms with E-state index in [1.54, 1.807) is 17.4 Å². The zero-order valence-electron chi connectivity index (χ0n) is 13.5. The summed E-state index contributed by atoms with van der Waals surface area (Å²) in [5.74, 6) is 0.756. The molecule has 0 radical (unpaired) electrons. The molecule has 2 aromatic rings. The summed E-state index contributed by atoms with van der Waals surface area (Å²) in [5.41, 5.74) is 0.537. The van der Waals surface area contributed by atoms with E-state index in [1.165, 1.54) is 0 Å². The number of aryl methyl sites for hydroxylation is 1. The van der Waals surface area contributed by atoms with E-state index in [0.717, 1.165) is 49.6 Å². The summed E-state index contributed by atoms with van der Waals surface area (Å²) in [6, 6.07) is 3.79. The van der Waals surface area contributed by atoms with Crippen molar-refractivity contribution >= 4 is 34.7 Å². The molecule has 8 heteroatoms. The molecule has 0 saturated carbocycles. The summed E-state index contributed by atoms with van der Waals surface area (Å²) in [4.78, 5) is 18.9. The van der Waals surface area contributed by atoms with Gasteiger partial charge in [0, 0.05) is 24.5 Å². The fraction of sp³-hybridized carbons (Fsp3) is 0.500. The van der Waals surface area contributed by atoms with Crippen molar-refractivity contribution in [2.75, 3.05) is 18.0 Å². The molecular weight excluding hydrogens is 346 g/mol. The number of halogens is 1. The average molecular weight is 366 g/mol. The molecule has 1 amide bonds. The highest BCUT2D eigenvalue weighted by molar-refractivity contribution is 7.09. The lowest BCUT2D eigenvalue weighted by atomic mass is 10.0. The van der Waals surface area contributed by atoms with Crippen LogP contribution in [0.5, 0.6) is 0 Å². The lowest BCUT2D eigenvalue weighted by Gasteiger charge is -2.32. The fourth-order valence-electron chi connectivity index (χ4n) is 2.73. The smallest absolute Gasteiger partial charge is 0.270 e. The molecule has 3 heterocycles. The first-order valence-electron chi connectivity index (χ1n) is 8.15. The molecule has 0 unspecified atom stereocenters. The molecule has 0 aliphatic carbocycles. The van der Waals surface area contributed by atoms with Gasteiger partial charge in [-0.25, -0.2) is 4.98 Å². The molecule has 128 valence electrons. The van der Waals surface area contributed by atoms with Crippen LogP contribution in [0.4, 0.5) is 5.82 Å². The number of nitrogens with one attached hydrogen (secondary N) is 1. The minimum atomic E-state index is -0.0710. The van der Waals surface area contributed by atoms with Crippen LogP contribution in [-0.4, -0.2) is 40.2 Å². The average Bonchev–Trinajstić information content (AvgIpc) is 3.06. The normalized spacial score (nSPS) is 15.5. The predicted octanol–water partition coefficient (Wildman–Crippen LogP) is 2.94. The summed E-state index contributed by atoms with van der Waals surface area (Å²) in [7, 11) is 0. The second-order valence-corrected chi connectivity index (χ2v) is 7.16. The highest BCUT2D eigenvalue weighted by Gasteiger charge is 2.23. The molecular formula is C16H20ClN5OS. The summed E-state index contributed by atoms with van der Waals surface area (Å²) in [6.07, 6.45) is 3.73. The van der Waals surface area contributed by atoms with Crippen LogP contribution in [0, 0.1) is 0 Å². The minimum absolute atomic E-state index is 0.0710. The third kappa shape index (κ3) is 4.21. The number of hydrogen-bond donors (Lipinski definition) is 1. The quantitative estimate of drug-likeness (QED) is 0.882. The monoisotopic (exact) mass is 365 g/mol. The molecule has 24 heavy (non-hydrogen) atoms. The van der Waals surface area contributed by atoms with Gasteiger partial charge in [-0.3, -0.25) is 4.79 Å². The van der Waals surface area contributed by atoms with Crippen molar-refractivity contribution in [1.29, 1.82) is 0 Å². The van der Waals surface area contributed by atoms with Crippen LogP contribution in [0.3, 0.4) is 0 Å². The molecule has 1 aliphatic rings. The van der Waals surface area contributed by atoms with E-state index in [2.05, 4.69) is 32.3 Å². The third-order valence-electron chi connectivity index (χ3n) is 4.02. The van der Waals surface area contributed by atoms with Crippen LogP contribution in [-0.2, 0) is 6.42 Å². The first-order chi connectivity index (χ1) is 11.7. The SMILES string of the molecule is CCCc1nc(C(=O)NC2CCN(c3ccc(Cl)nn3)CC2)cs1. The second-order valence-electron chi connectivity index (χ2n) is 5.83. The van der Waals surface area contributed by atoms with Crippen molar-refractivity contribution < 1.29 is 4.79 Å². The largest absolute Gasteiger partial charge is 0.355 e. The lowest BCUT2D eigenvalue weighted by molar-refractivity contribution is 0.0926. The van der Waals surface area contributed by atoms with Crippen molar-refractivity contribution in [2.24, 2.45) is 0 Å². The van der Waals surface area contributed by atoms with Crippen LogP contribution < -0.4 is 10.2 Å². The van der Waals surface area contributed by atoms with E-state index in [1.807, 2.05) is 11.4 Å². The summed E-state index contributed by atoms with van der Waals surface area (Å²) >= 11 is 7.32. The summed E-state index contributed by atoms with van der Waals surface area (Å²) < 4.78 is 0. The molecule has 0 aromatic carbocycles. The Hall–Kier alpha value is -1.73. The van der Waals surface area contributed by atoms with E-state index in [0.29, 0.717) is 10.8 Å². The van der Waals surface area contributed by atoms with Gasteiger partial charge >= 0.3 is 0 Å².